The molecule has 37 nitrogen and oxygen atoms in total. The Kier molecular flexibility index (Phi) is 32.9. The second-order valence-electron chi connectivity index (χ2n) is 39.1. The molecule has 0 radical (unpaired) electrons. The van der Waals surface area contributed by atoms with Crippen LogP contribution in [0.1, 0.15) is 171 Å². The molecule has 0 saturated carbocycles. The highest BCUT2D eigenvalue weighted by Gasteiger charge is 2.27. The van der Waals surface area contributed by atoms with Crippen LogP contribution < -0.4 is 34.0 Å². The van der Waals surface area contributed by atoms with E-state index >= 15 is 0 Å². The average molecular weight is 2000 g/mol. The SMILES string of the molecule is CC(C)(O)C#Cc1cc2c(-c3ccnc(N)n3)cn(CC(C)(C)O)c2cn1.CC(C)(O)C#Cc1cc2c(-c3ccnc(N)n3)cn(CC3CCOC3)c2cn1.CC(C)(O)C#Cc1cc2c(cn1)CC=C2c1ccnc(N)n1.CNc1nccc(C2=CCc3cnc(C#CC(C)(C)O)cc32)n1.COCCn1cc(-c2ccnc(N)n2)c2cc(C#CC(C)(C)O)ncc21.Cn1cc(-c2ccnc(N)n2)c2cc(C#CC(C)(C)O)ncc21. The molecule has 0 amide bonds. The molecule has 18 N–H and O–H groups in total. The van der Waals surface area contributed by atoms with Gasteiger partial charge in [0, 0.05) is 176 Å². The fourth-order valence-electron chi connectivity index (χ4n) is 15.6. The summed E-state index contributed by atoms with van der Waals surface area (Å²) in [5.41, 5.74) is 43.4. The van der Waals surface area contributed by atoms with Crippen LogP contribution in [0.3, 0.4) is 0 Å². The molecule has 1 fully saturated rings. The molecule has 37 heteroatoms. The van der Waals surface area contributed by atoms with Crippen LogP contribution in [-0.4, -0.2) is 217 Å². The number of aromatic nitrogens is 22. The van der Waals surface area contributed by atoms with Gasteiger partial charge in [0.05, 0.1) is 106 Å². The van der Waals surface area contributed by atoms with Crippen LogP contribution in [0.25, 0.3) is 99.8 Å². The van der Waals surface area contributed by atoms with E-state index in [4.69, 9.17) is 38.1 Å². The summed E-state index contributed by atoms with van der Waals surface area (Å²) in [6.45, 7) is 27.2. The molecule has 3 aliphatic rings. The highest BCUT2D eigenvalue weighted by Crippen LogP contribution is 2.39. The van der Waals surface area contributed by atoms with Crippen molar-refractivity contribution in [3.8, 4) is 116 Å². The van der Waals surface area contributed by atoms with Gasteiger partial charge in [-0.3, -0.25) is 0 Å². The summed E-state index contributed by atoms with van der Waals surface area (Å²) in [4.78, 5) is 76.2. The summed E-state index contributed by atoms with van der Waals surface area (Å²) in [6.07, 6.45) is 35.5. The molecule has 149 heavy (non-hydrogen) atoms. The van der Waals surface area contributed by atoms with Gasteiger partial charge >= 0.3 is 0 Å². The average Bonchev–Trinajstić information content (AvgIpc) is 1.62. The van der Waals surface area contributed by atoms with Gasteiger partial charge in [-0.05, 0) is 247 Å². The zero-order valence-electron chi connectivity index (χ0n) is 85.9. The molecular weight excluding hydrogens is 1880 g/mol. The monoisotopic (exact) mass is 2000 g/mol. The Balaban J connectivity index is 0.000000141. The summed E-state index contributed by atoms with van der Waals surface area (Å²) in [6, 6.07) is 22.4. The van der Waals surface area contributed by atoms with E-state index in [1.165, 1.54) is 0 Å². The van der Waals surface area contributed by atoms with Crippen molar-refractivity contribution in [2.45, 2.75) is 175 Å². The molecule has 2 aliphatic carbocycles. The third-order valence-electron chi connectivity index (χ3n) is 22.2. The normalized spacial score (nSPS) is 13.0. The van der Waals surface area contributed by atoms with Gasteiger partial charge in [-0.25, -0.2) is 89.7 Å². The minimum absolute atomic E-state index is 0.187. The van der Waals surface area contributed by atoms with E-state index in [1.54, 1.807) is 173 Å². The standard InChI is InChI=1S/C21H23N5O2.C20H23N5O2.C19H21N5O2.C18H18N4O.C17H17N5O.C17H16N4O/c1-21(2,27)6-3-15-9-16-17(18-4-7-23-20(22)25-18)12-26(19(16)10-24-15)11-14-5-8-28-13-14;1-19(2,26)7-5-13-9-14-15(16-6-8-22-18(21)24-16)11-25(12-20(3,4)27)17(14)10-23-13;1-19(2,25)6-4-13-10-14-15(16-5-7-21-18(20)23-16)12-24(8-9-26-3)17(14)11-22-13;1-18(2,23)8-6-13-10-15-12(11-21-13)4-5-14(15)16-7-9-20-17(19-3)22-16;1-17(2,23)6-4-11-8-12-13(10-22(3)15(12)9-20-11)14-5-7-19-16(18)21-14;1-17(2,22)7-5-12-9-14-11(10-20-12)3-4-13(14)15-6-8-19-16(18)21-15/h4,7,9-10,12,14,27H,5,8,11,13H2,1-2H3,(H2,22,23,25);6,8-11,26-27H,12H2,1-4H3,(H2,21,22,24);5,7,10-12,25H,8-9H2,1-3H3,(H2,20,21,23);5,7,9-11,23H,4H2,1-3H3,(H,19,20,22);5,7-10,23H,1-3H3,(H2,18,19,21);4,6,8-10,22H,3H2,1-2H3,(H2,18,19,21). The zero-order valence-corrected chi connectivity index (χ0v) is 85.9. The van der Waals surface area contributed by atoms with Crippen LogP contribution in [0.15, 0.2) is 184 Å². The van der Waals surface area contributed by atoms with E-state index in [-0.39, 0.29) is 29.7 Å². The second-order valence-corrected chi connectivity index (χ2v) is 39.1. The Morgan fingerprint density at radius 2 is 0.685 bits per heavy atom. The summed E-state index contributed by atoms with van der Waals surface area (Å²) in [5, 5.41) is 75.6. The van der Waals surface area contributed by atoms with Gasteiger partial charge in [-0.1, -0.05) is 47.7 Å². The van der Waals surface area contributed by atoms with E-state index < -0.39 is 39.2 Å². The van der Waals surface area contributed by atoms with Crippen LogP contribution in [0.4, 0.5) is 35.7 Å². The number of ether oxygens (including phenoxy) is 2. The number of aliphatic hydroxyl groups is 7. The number of nitrogens with one attached hydrogen (secondary N) is 1. The maximum atomic E-state index is 10.2. The number of fused-ring (bicyclic) bond motifs is 6. The molecule has 1 atom stereocenters. The first kappa shape index (κ1) is 108. The van der Waals surface area contributed by atoms with Crippen LogP contribution in [0.5, 0.6) is 0 Å². The van der Waals surface area contributed by atoms with Crippen LogP contribution in [0, 0.1) is 77.0 Å². The van der Waals surface area contributed by atoms with Gasteiger partial charge < -0.3 is 97.5 Å². The number of hydrogen-bond donors (Lipinski definition) is 13. The number of nitrogens with zero attached hydrogens (tertiary/aromatic N) is 22. The lowest BCUT2D eigenvalue weighted by atomic mass is 10.0. The van der Waals surface area contributed by atoms with Gasteiger partial charge in [0.25, 0.3) is 0 Å². The Bertz CT molecular complexity index is 8160. The number of hydrogen-bond acceptors (Lipinski definition) is 33. The number of aryl methyl sites for hydroxylation is 1. The van der Waals surface area contributed by atoms with Crippen molar-refractivity contribution in [3.05, 3.63) is 252 Å². The second kappa shape index (κ2) is 45.6. The van der Waals surface area contributed by atoms with Crippen molar-refractivity contribution in [3.63, 3.8) is 0 Å². The predicted molar refractivity (Wildman–Crippen MR) is 576 cm³/mol. The van der Waals surface area contributed by atoms with Crippen LogP contribution in [0.2, 0.25) is 0 Å². The van der Waals surface area contributed by atoms with E-state index in [9.17, 15) is 35.7 Å². The van der Waals surface area contributed by atoms with Crippen LogP contribution >= 0.6 is 0 Å². The molecule has 1 unspecified atom stereocenters. The number of nitrogen functional groups attached to an aromatic ring is 5. The zero-order chi connectivity index (χ0) is 107. The summed E-state index contributed by atoms with van der Waals surface area (Å²) < 4.78 is 18.9. The van der Waals surface area contributed by atoms with Crippen molar-refractivity contribution < 1.29 is 45.2 Å². The highest BCUT2D eigenvalue weighted by molar-refractivity contribution is 5.99. The molecule has 0 bridgehead atoms. The van der Waals surface area contributed by atoms with Crippen LogP contribution in [-0.2, 0) is 49.0 Å². The van der Waals surface area contributed by atoms with Crippen molar-refractivity contribution in [1.82, 2.24) is 108 Å². The molecule has 16 aromatic heterocycles. The Morgan fingerprint density at radius 3 is 1.03 bits per heavy atom. The number of pyridine rings is 6. The van der Waals surface area contributed by atoms with Crippen molar-refractivity contribution in [2.75, 3.05) is 68.0 Å². The molecule has 0 aromatic carbocycles. The highest BCUT2D eigenvalue weighted by atomic mass is 16.5. The lowest BCUT2D eigenvalue weighted by Crippen LogP contribution is -2.25. The lowest BCUT2D eigenvalue weighted by molar-refractivity contribution is 0.0628. The Morgan fingerprint density at radius 1 is 0.376 bits per heavy atom. The van der Waals surface area contributed by atoms with Gasteiger partial charge in [0.2, 0.25) is 35.7 Å². The molecule has 1 saturated heterocycles. The quantitative estimate of drug-likeness (QED) is 0.0450. The van der Waals surface area contributed by atoms with Crippen molar-refractivity contribution >= 4 is 90.4 Å². The minimum atomic E-state index is -1.10. The Labute approximate surface area is 862 Å². The van der Waals surface area contributed by atoms with E-state index in [0.29, 0.717) is 71.4 Å². The fourth-order valence-corrected chi connectivity index (χ4v) is 15.6. The molecule has 760 valence electrons. The van der Waals surface area contributed by atoms with Crippen molar-refractivity contribution in [1.29, 1.82) is 0 Å². The minimum Gasteiger partial charge on any atom is -0.389 e. The molecular formula is C112H118N28O9. The van der Waals surface area contributed by atoms with Crippen molar-refractivity contribution in [2.24, 2.45) is 13.0 Å². The fraction of sp³-hybridized carbons (Fsp3) is 0.304. The van der Waals surface area contributed by atoms with E-state index in [2.05, 4.69) is 194 Å². The molecule has 16 aromatic rings. The predicted octanol–water partition coefficient (Wildman–Crippen LogP) is 11.4. The number of methoxy groups -OCH3 is 1. The molecule has 17 heterocycles. The van der Waals surface area contributed by atoms with Gasteiger partial charge in [-0.15, -0.1) is 0 Å². The maximum absolute atomic E-state index is 10.2. The number of allylic oxidation sites excluding steroid dienone is 2. The molecule has 19 rings (SSSR count). The third-order valence-corrected chi connectivity index (χ3v) is 22.2. The van der Waals surface area contributed by atoms with Gasteiger partial charge in [-0.2, -0.15) is 0 Å². The summed E-state index contributed by atoms with van der Waals surface area (Å²) >= 11 is 0. The smallest absolute Gasteiger partial charge is 0.222 e. The first-order valence-corrected chi connectivity index (χ1v) is 47.6. The first-order chi connectivity index (χ1) is 70.5. The number of rotatable bonds is 14. The topological polar surface area (TPSA) is 554 Å². The Hall–Kier alpha value is -17.2. The van der Waals surface area contributed by atoms with E-state index in [1.807, 2.05) is 120 Å². The number of nitrogens with two attached hydrogens (primary N) is 5. The van der Waals surface area contributed by atoms with Gasteiger partial charge in [0.15, 0.2) is 0 Å². The summed E-state index contributed by atoms with van der Waals surface area (Å²) in [5.74, 6) is 36.4. The van der Waals surface area contributed by atoms with Gasteiger partial charge in [0.1, 0.15) is 67.8 Å². The summed E-state index contributed by atoms with van der Waals surface area (Å²) in [7, 11) is 5.41. The largest absolute Gasteiger partial charge is 0.389 e. The van der Waals surface area contributed by atoms with E-state index in [0.717, 1.165) is 167 Å². The molecule has 0 spiro atoms. The number of anilines is 6. The maximum Gasteiger partial charge on any atom is 0.222 e. The third kappa shape index (κ3) is 30.0. The first-order valence-electron chi connectivity index (χ1n) is 47.6. The lowest BCUT2D eigenvalue weighted by Gasteiger charge is -2.18. The molecule has 1 aliphatic heterocycles.